The second kappa shape index (κ2) is 7.88. The summed E-state index contributed by atoms with van der Waals surface area (Å²) < 4.78 is 4.94. The van der Waals surface area contributed by atoms with Crippen molar-refractivity contribution in [3.63, 3.8) is 0 Å². The van der Waals surface area contributed by atoms with E-state index in [0.717, 1.165) is 24.8 Å². The molecule has 1 aromatic carbocycles. The number of esters is 1. The SMILES string of the molecule is COC(=O)C1(NC(=O)c2ccc(C#C[Si](C)(C)C)cc2)CCCCC1. The summed E-state index contributed by atoms with van der Waals surface area (Å²) in [7, 11) is -0.0516. The minimum absolute atomic E-state index is 0.239. The largest absolute Gasteiger partial charge is 0.467 e. The molecule has 2 rings (SSSR count). The van der Waals surface area contributed by atoms with Crippen molar-refractivity contribution in [1.82, 2.24) is 5.32 Å². The molecule has 0 spiro atoms. The number of rotatable bonds is 3. The molecule has 1 fully saturated rings. The average molecular weight is 358 g/mol. The van der Waals surface area contributed by atoms with Gasteiger partial charge in [0.2, 0.25) is 0 Å². The maximum atomic E-state index is 12.6. The van der Waals surface area contributed by atoms with E-state index in [-0.39, 0.29) is 11.9 Å². The summed E-state index contributed by atoms with van der Waals surface area (Å²) >= 11 is 0. The molecule has 0 unspecified atom stereocenters. The lowest BCUT2D eigenvalue weighted by Gasteiger charge is -2.35. The molecule has 25 heavy (non-hydrogen) atoms. The summed E-state index contributed by atoms with van der Waals surface area (Å²) in [6.45, 7) is 6.58. The van der Waals surface area contributed by atoms with E-state index in [1.165, 1.54) is 7.11 Å². The highest BCUT2D eigenvalue weighted by Crippen LogP contribution is 2.29. The van der Waals surface area contributed by atoms with E-state index in [2.05, 4.69) is 36.4 Å². The number of carbonyl (C=O) groups is 2. The first kappa shape index (κ1) is 19.3. The fraction of sp³-hybridized carbons (Fsp3) is 0.500. The van der Waals surface area contributed by atoms with Gasteiger partial charge in [0.05, 0.1) is 7.11 Å². The summed E-state index contributed by atoms with van der Waals surface area (Å²) in [4.78, 5) is 24.9. The number of hydrogen-bond acceptors (Lipinski definition) is 3. The molecule has 0 atom stereocenters. The van der Waals surface area contributed by atoms with Gasteiger partial charge in [-0.05, 0) is 37.1 Å². The maximum absolute atomic E-state index is 12.6. The van der Waals surface area contributed by atoms with Crippen LogP contribution < -0.4 is 5.32 Å². The van der Waals surface area contributed by atoms with E-state index >= 15 is 0 Å². The molecule has 0 aromatic heterocycles. The van der Waals surface area contributed by atoms with Gasteiger partial charge in [-0.2, -0.15) is 0 Å². The summed E-state index contributed by atoms with van der Waals surface area (Å²) in [5.41, 5.74) is 3.86. The minimum atomic E-state index is -1.42. The van der Waals surface area contributed by atoms with E-state index in [1.807, 2.05) is 12.1 Å². The maximum Gasteiger partial charge on any atom is 0.331 e. The number of amides is 1. The van der Waals surface area contributed by atoms with E-state index in [4.69, 9.17) is 4.74 Å². The van der Waals surface area contributed by atoms with Crippen LogP contribution in [0.15, 0.2) is 24.3 Å². The normalized spacial score (nSPS) is 16.3. The van der Waals surface area contributed by atoms with Crippen molar-refractivity contribution in [2.45, 2.75) is 57.3 Å². The lowest BCUT2D eigenvalue weighted by Crippen LogP contribution is -2.56. The van der Waals surface area contributed by atoms with Gasteiger partial charge in [0, 0.05) is 11.1 Å². The van der Waals surface area contributed by atoms with Gasteiger partial charge in [-0.15, -0.1) is 5.54 Å². The average Bonchev–Trinajstić information content (AvgIpc) is 2.59. The van der Waals surface area contributed by atoms with Crippen molar-refractivity contribution in [2.75, 3.05) is 7.11 Å². The van der Waals surface area contributed by atoms with Crippen LogP contribution in [0, 0.1) is 11.5 Å². The summed E-state index contributed by atoms with van der Waals surface area (Å²) in [5, 5.41) is 2.93. The van der Waals surface area contributed by atoms with Crippen LogP contribution in [0.2, 0.25) is 19.6 Å². The third kappa shape index (κ3) is 5.20. The smallest absolute Gasteiger partial charge is 0.331 e. The Balaban J connectivity index is 2.13. The number of hydrogen-bond donors (Lipinski definition) is 1. The van der Waals surface area contributed by atoms with Crippen LogP contribution in [0.4, 0.5) is 0 Å². The topological polar surface area (TPSA) is 55.4 Å². The zero-order valence-corrected chi connectivity index (χ0v) is 16.6. The van der Waals surface area contributed by atoms with E-state index in [1.54, 1.807) is 12.1 Å². The van der Waals surface area contributed by atoms with Crippen molar-refractivity contribution in [1.29, 1.82) is 0 Å². The molecule has 1 aliphatic rings. The first-order chi connectivity index (χ1) is 11.8. The van der Waals surface area contributed by atoms with Gasteiger partial charge in [0.1, 0.15) is 13.6 Å². The zero-order chi connectivity index (χ0) is 18.5. The van der Waals surface area contributed by atoms with Crippen LogP contribution in [-0.2, 0) is 9.53 Å². The number of methoxy groups -OCH3 is 1. The minimum Gasteiger partial charge on any atom is -0.467 e. The van der Waals surface area contributed by atoms with Crippen LogP contribution in [0.5, 0.6) is 0 Å². The molecule has 0 aliphatic heterocycles. The molecule has 1 N–H and O–H groups in total. The van der Waals surface area contributed by atoms with Crippen LogP contribution in [0.3, 0.4) is 0 Å². The number of benzene rings is 1. The van der Waals surface area contributed by atoms with Gasteiger partial charge in [-0.25, -0.2) is 4.79 Å². The Kier molecular flexibility index (Phi) is 6.07. The molecule has 0 radical (unpaired) electrons. The second-order valence-corrected chi connectivity index (χ2v) is 12.4. The summed E-state index contributed by atoms with van der Waals surface area (Å²) in [5.74, 6) is 2.59. The Morgan fingerprint density at radius 3 is 2.20 bits per heavy atom. The zero-order valence-electron chi connectivity index (χ0n) is 15.6. The molecule has 5 heteroatoms. The van der Waals surface area contributed by atoms with Gasteiger partial charge in [-0.1, -0.05) is 44.8 Å². The van der Waals surface area contributed by atoms with Crippen molar-refractivity contribution in [3.8, 4) is 11.5 Å². The van der Waals surface area contributed by atoms with Crippen molar-refractivity contribution in [2.24, 2.45) is 0 Å². The lowest BCUT2D eigenvalue weighted by atomic mass is 9.81. The predicted octanol–water partition coefficient (Wildman–Crippen LogP) is 3.52. The molecule has 1 aliphatic carbocycles. The van der Waals surface area contributed by atoms with Crippen LogP contribution >= 0.6 is 0 Å². The molecule has 1 amide bonds. The molecule has 0 saturated heterocycles. The van der Waals surface area contributed by atoms with Crippen molar-refractivity contribution in [3.05, 3.63) is 35.4 Å². The first-order valence-corrected chi connectivity index (χ1v) is 12.3. The highest BCUT2D eigenvalue weighted by Gasteiger charge is 2.42. The van der Waals surface area contributed by atoms with Crippen LogP contribution in [0.1, 0.15) is 48.0 Å². The van der Waals surface area contributed by atoms with Crippen LogP contribution in [-0.4, -0.2) is 32.6 Å². The first-order valence-electron chi connectivity index (χ1n) is 8.80. The molecular formula is C20H27NO3Si. The molecule has 1 saturated carbocycles. The van der Waals surface area contributed by atoms with E-state index in [9.17, 15) is 9.59 Å². The van der Waals surface area contributed by atoms with Crippen molar-refractivity contribution < 1.29 is 14.3 Å². The fourth-order valence-corrected chi connectivity index (χ4v) is 3.50. The third-order valence-corrected chi connectivity index (χ3v) is 5.24. The van der Waals surface area contributed by atoms with Gasteiger partial charge in [0.15, 0.2) is 0 Å². The fourth-order valence-electron chi connectivity index (χ4n) is 2.98. The molecule has 0 heterocycles. The van der Waals surface area contributed by atoms with Gasteiger partial charge >= 0.3 is 5.97 Å². The highest BCUT2D eigenvalue weighted by molar-refractivity contribution is 6.83. The van der Waals surface area contributed by atoms with Gasteiger partial charge in [0.25, 0.3) is 5.91 Å². The van der Waals surface area contributed by atoms with Crippen LogP contribution in [0.25, 0.3) is 0 Å². The standard InChI is InChI=1S/C20H27NO3Si/c1-24-19(23)20(13-6-5-7-14-20)21-18(22)17-10-8-16(9-11-17)12-15-25(2,3)4/h8-11H,5-7,13-14H2,1-4H3,(H,21,22). The Bertz CT molecular complexity index is 686. The monoisotopic (exact) mass is 357 g/mol. The predicted molar refractivity (Wildman–Crippen MR) is 102 cm³/mol. The van der Waals surface area contributed by atoms with Gasteiger partial charge in [-0.3, -0.25) is 4.79 Å². The number of ether oxygens (including phenoxy) is 1. The molecule has 134 valence electrons. The number of carbonyl (C=O) groups excluding carboxylic acids is 2. The Morgan fingerprint density at radius 1 is 1.08 bits per heavy atom. The van der Waals surface area contributed by atoms with E-state index < -0.39 is 13.6 Å². The Labute approximate surface area is 151 Å². The van der Waals surface area contributed by atoms with Gasteiger partial charge < -0.3 is 10.1 Å². The molecule has 1 aromatic rings. The van der Waals surface area contributed by atoms with Crippen molar-refractivity contribution >= 4 is 20.0 Å². The Morgan fingerprint density at radius 2 is 1.68 bits per heavy atom. The van der Waals surface area contributed by atoms with E-state index in [0.29, 0.717) is 18.4 Å². The second-order valence-electron chi connectivity index (χ2n) is 7.67. The molecular weight excluding hydrogens is 330 g/mol. The quantitative estimate of drug-likeness (QED) is 0.511. The third-order valence-electron chi connectivity index (χ3n) is 4.36. The molecule has 0 bridgehead atoms. The highest BCUT2D eigenvalue weighted by atomic mass is 28.3. The summed E-state index contributed by atoms with van der Waals surface area (Å²) in [6.07, 6.45) is 4.18. The molecule has 4 nitrogen and oxygen atoms in total. The lowest BCUT2D eigenvalue weighted by molar-refractivity contribution is -0.149. The Hall–Kier alpha value is -2.06. The summed E-state index contributed by atoms with van der Waals surface area (Å²) in [6, 6.07) is 7.23. The number of nitrogens with one attached hydrogen (secondary N) is 1.